The van der Waals surface area contributed by atoms with E-state index < -0.39 is 0 Å². The van der Waals surface area contributed by atoms with Gasteiger partial charge in [0.2, 0.25) is 0 Å². The lowest BCUT2D eigenvalue weighted by Gasteiger charge is -2.29. The molecular weight excluding hydrogens is 146 g/mol. The standard InChI is InChI=1S/C6H13N3S/c1-5(2)9-3-7-6(10)8-4-9/h5H,3-4H2,1-2H3,(H2,7,8,10)/p+1. The normalized spacial score (nSPS) is 20.5. The van der Waals surface area contributed by atoms with Crippen molar-refractivity contribution in [1.82, 2.24) is 10.6 Å². The first-order valence-corrected chi connectivity index (χ1v) is 3.97. The fraction of sp³-hybridized carbons (Fsp3) is 0.833. The van der Waals surface area contributed by atoms with Crippen LogP contribution in [0.2, 0.25) is 0 Å². The van der Waals surface area contributed by atoms with Gasteiger partial charge >= 0.3 is 0 Å². The third-order valence-electron chi connectivity index (χ3n) is 1.77. The molecule has 0 aromatic heterocycles. The van der Waals surface area contributed by atoms with Gasteiger partial charge in [-0.3, -0.25) is 4.90 Å². The lowest BCUT2D eigenvalue weighted by molar-refractivity contribution is -0.927. The zero-order chi connectivity index (χ0) is 7.56. The van der Waals surface area contributed by atoms with Gasteiger partial charge in [-0.2, -0.15) is 0 Å². The molecule has 0 unspecified atom stereocenters. The summed E-state index contributed by atoms with van der Waals surface area (Å²) in [5.74, 6) is 0. The van der Waals surface area contributed by atoms with Crippen molar-refractivity contribution in [3.63, 3.8) is 0 Å². The Bertz CT molecular complexity index is 125. The predicted octanol–water partition coefficient (Wildman–Crippen LogP) is -1.33. The van der Waals surface area contributed by atoms with Gasteiger partial charge in [0, 0.05) is 0 Å². The summed E-state index contributed by atoms with van der Waals surface area (Å²) < 4.78 is 0. The molecule has 0 aromatic rings. The first kappa shape index (κ1) is 7.75. The second-order valence-electron chi connectivity index (χ2n) is 2.85. The molecule has 1 aliphatic heterocycles. The van der Waals surface area contributed by atoms with Crippen LogP contribution >= 0.6 is 12.2 Å². The summed E-state index contributed by atoms with van der Waals surface area (Å²) in [5, 5.41) is 6.98. The van der Waals surface area contributed by atoms with Crippen LogP contribution in [0.15, 0.2) is 0 Å². The third-order valence-corrected chi connectivity index (χ3v) is 2.06. The van der Waals surface area contributed by atoms with E-state index in [9.17, 15) is 0 Å². The second kappa shape index (κ2) is 3.16. The van der Waals surface area contributed by atoms with Crippen LogP contribution < -0.4 is 15.5 Å². The second-order valence-corrected chi connectivity index (χ2v) is 3.26. The zero-order valence-electron chi connectivity index (χ0n) is 6.40. The Morgan fingerprint density at radius 2 is 1.90 bits per heavy atom. The molecule has 4 heteroatoms. The number of quaternary nitrogens is 1. The van der Waals surface area contributed by atoms with Crippen molar-refractivity contribution in [3.8, 4) is 0 Å². The summed E-state index contributed by atoms with van der Waals surface area (Å²) in [6, 6.07) is 0.656. The molecule has 0 spiro atoms. The highest BCUT2D eigenvalue weighted by atomic mass is 32.1. The van der Waals surface area contributed by atoms with Crippen LogP contribution in [0.25, 0.3) is 0 Å². The van der Waals surface area contributed by atoms with Crippen LogP contribution in [0.3, 0.4) is 0 Å². The SMILES string of the molecule is CC(C)[NH+]1CNC(=S)NC1. The summed E-state index contributed by atoms with van der Waals surface area (Å²) in [5.41, 5.74) is 0. The number of thiocarbonyl (C=S) groups is 1. The predicted molar refractivity (Wildman–Crippen MR) is 44.7 cm³/mol. The van der Waals surface area contributed by atoms with Crippen molar-refractivity contribution in [3.05, 3.63) is 0 Å². The lowest BCUT2D eigenvalue weighted by Crippen LogP contribution is -3.19. The van der Waals surface area contributed by atoms with Gasteiger partial charge < -0.3 is 10.6 Å². The maximum atomic E-state index is 4.91. The van der Waals surface area contributed by atoms with Crippen LogP contribution in [0.5, 0.6) is 0 Å². The molecule has 3 N–H and O–H groups in total. The maximum absolute atomic E-state index is 4.91. The zero-order valence-corrected chi connectivity index (χ0v) is 7.22. The molecule has 0 bridgehead atoms. The Morgan fingerprint density at radius 3 is 2.30 bits per heavy atom. The van der Waals surface area contributed by atoms with E-state index in [1.807, 2.05) is 0 Å². The fourth-order valence-electron chi connectivity index (χ4n) is 0.921. The molecule has 1 fully saturated rings. The van der Waals surface area contributed by atoms with Crippen molar-refractivity contribution in [2.24, 2.45) is 0 Å². The van der Waals surface area contributed by atoms with Crippen molar-refractivity contribution < 1.29 is 4.90 Å². The highest BCUT2D eigenvalue weighted by Crippen LogP contribution is 1.71. The van der Waals surface area contributed by atoms with Crippen LogP contribution in [-0.2, 0) is 0 Å². The summed E-state index contributed by atoms with van der Waals surface area (Å²) in [7, 11) is 0. The molecule has 3 nitrogen and oxygen atoms in total. The molecule has 0 aromatic carbocycles. The van der Waals surface area contributed by atoms with Gasteiger partial charge in [-0.25, -0.2) is 0 Å². The quantitative estimate of drug-likeness (QED) is 0.415. The van der Waals surface area contributed by atoms with E-state index in [0.29, 0.717) is 6.04 Å². The van der Waals surface area contributed by atoms with Gasteiger partial charge in [-0.15, -0.1) is 0 Å². The van der Waals surface area contributed by atoms with Gasteiger partial charge in [-0.1, -0.05) is 0 Å². The molecule has 1 aliphatic rings. The Balaban J connectivity index is 2.33. The van der Waals surface area contributed by atoms with Crippen LogP contribution in [0, 0.1) is 0 Å². The van der Waals surface area contributed by atoms with E-state index in [1.54, 1.807) is 0 Å². The van der Waals surface area contributed by atoms with Gasteiger partial charge in [-0.05, 0) is 26.1 Å². The van der Waals surface area contributed by atoms with Crippen molar-refractivity contribution >= 4 is 17.3 Å². The molecule has 1 heterocycles. The smallest absolute Gasteiger partial charge is 0.174 e. The minimum atomic E-state index is 0.656. The maximum Gasteiger partial charge on any atom is 0.174 e. The van der Waals surface area contributed by atoms with E-state index in [2.05, 4.69) is 24.5 Å². The summed E-state index contributed by atoms with van der Waals surface area (Å²) in [6.07, 6.45) is 0. The molecule has 1 saturated heterocycles. The summed E-state index contributed by atoms with van der Waals surface area (Å²) >= 11 is 4.91. The van der Waals surface area contributed by atoms with Crippen LogP contribution in [-0.4, -0.2) is 24.5 Å². The monoisotopic (exact) mass is 160 g/mol. The molecule has 0 atom stereocenters. The highest BCUT2D eigenvalue weighted by Gasteiger charge is 2.16. The minimum Gasteiger partial charge on any atom is -0.316 e. The third kappa shape index (κ3) is 1.82. The van der Waals surface area contributed by atoms with E-state index in [0.717, 1.165) is 18.4 Å². The van der Waals surface area contributed by atoms with Crippen molar-refractivity contribution in [1.29, 1.82) is 0 Å². The van der Waals surface area contributed by atoms with Crippen LogP contribution in [0.1, 0.15) is 13.8 Å². The Hall–Kier alpha value is -0.350. The molecule has 58 valence electrons. The average molecular weight is 160 g/mol. The Morgan fingerprint density at radius 1 is 1.40 bits per heavy atom. The molecular formula is C6H14N3S+. The molecule has 1 rings (SSSR count). The van der Waals surface area contributed by atoms with E-state index in [4.69, 9.17) is 12.2 Å². The fourth-order valence-corrected chi connectivity index (χ4v) is 1.07. The molecule has 0 radical (unpaired) electrons. The number of rotatable bonds is 1. The highest BCUT2D eigenvalue weighted by molar-refractivity contribution is 7.80. The van der Waals surface area contributed by atoms with Crippen molar-refractivity contribution in [2.45, 2.75) is 19.9 Å². The summed E-state index contributed by atoms with van der Waals surface area (Å²) in [6.45, 7) is 6.30. The first-order chi connectivity index (χ1) is 4.70. The molecule has 0 amide bonds. The first-order valence-electron chi connectivity index (χ1n) is 3.56. The summed E-state index contributed by atoms with van der Waals surface area (Å²) in [4.78, 5) is 1.49. The van der Waals surface area contributed by atoms with Gasteiger partial charge in [0.1, 0.15) is 0 Å². The van der Waals surface area contributed by atoms with E-state index in [1.165, 1.54) is 4.90 Å². The Kier molecular flexibility index (Phi) is 2.45. The average Bonchev–Trinajstić information content (AvgIpc) is 1.88. The molecule has 0 aliphatic carbocycles. The molecule has 10 heavy (non-hydrogen) atoms. The number of hydrogen-bond donors (Lipinski definition) is 3. The van der Waals surface area contributed by atoms with Crippen LogP contribution in [0.4, 0.5) is 0 Å². The largest absolute Gasteiger partial charge is 0.316 e. The number of nitrogens with one attached hydrogen (secondary N) is 3. The van der Waals surface area contributed by atoms with E-state index >= 15 is 0 Å². The van der Waals surface area contributed by atoms with Crippen molar-refractivity contribution in [2.75, 3.05) is 13.3 Å². The Labute approximate surface area is 66.8 Å². The number of hydrogen-bond acceptors (Lipinski definition) is 1. The molecule has 0 saturated carbocycles. The van der Waals surface area contributed by atoms with Gasteiger partial charge in [0.15, 0.2) is 18.4 Å². The lowest BCUT2D eigenvalue weighted by atomic mass is 10.3. The topological polar surface area (TPSA) is 28.5 Å². The minimum absolute atomic E-state index is 0.656. The van der Waals surface area contributed by atoms with Gasteiger partial charge in [0.25, 0.3) is 0 Å². The van der Waals surface area contributed by atoms with Gasteiger partial charge in [0.05, 0.1) is 6.04 Å². The van der Waals surface area contributed by atoms with E-state index in [-0.39, 0.29) is 0 Å².